The molecule has 78 valence electrons. The second kappa shape index (κ2) is 4.04. The quantitative estimate of drug-likeness (QED) is 0.778. The van der Waals surface area contributed by atoms with Crippen LogP contribution in [0.3, 0.4) is 0 Å². The normalized spacial score (nSPS) is 10.2. The van der Waals surface area contributed by atoms with Crippen molar-refractivity contribution >= 4 is 5.69 Å². The van der Waals surface area contributed by atoms with Gasteiger partial charge in [0.05, 0.1) is 0 Å². The Morgan fingerprint density at radius 2 is 2.33 bits per heavy atom. The molecule has 4 nitrogen and oxygen atoms in total. The van der Waals surface area contributed by atoms with Crippen LogP contribution in [0.4, 0.5) is 5.69 Å². The SMILES string of the molecule is CCn1ccnc1Oc1cccc(N)c1. The highest BCUT2D eigenvalue weighted by atomic mass is 16.5. The fourth-order valence-electron chi connectivity index (χ4n) is 1.32. The van der Waals surface area contributed by atoms with Crippen LogP contribution in [0.25, 0.3) is 0 Å². The molecule has 2 N–H and O–H groups in total. The molecule has 0 aliphatic rings. The van der Waals surface area contributed by atoms with Crippen molar-refractivity contribution in [2.75, 3.05) is 5.73 Å². The molecule has 0 bridgehead atoms. The number of ether oxygens (including phenoxy) is 1. The lowest BCUT2D eigenvalue weighted by Crippen LogP contribution is -1.97. The third-order valence-electron chi connectivity index (χ3n) is 2.09. The standard InChI is InChI=1S/C11H13N3O/c1-2-14-7-6-13-11(14)15-10-5-3-4-9(12)8-10/h3-8H,2,12H2,1H3. The molecule has 1 heterocycles. The zero-order valence-electron chi connectivity index (χ0n) is 8.55. The summed E-state index contributed by atoms with van der Waals surface area (Å²) in [5.41, 5.74) is 6.33. The van der Waals surface area contributed by atoms with Gasteiger partial charge in [-0.1, -0.05) is 6.07 Å². The van der Waals surface area contributed by atoms with E-state index < -0.39 is 0 Å². The molecule has 0 unspecified atom stereocenters. The Morgan fingerprint density at radius 3 is 3.07 bits per heavy atom. The average Bonchev–Trinajstić information content (AvgIpc) is 2.65. The maximum absolute atomic E-state index is 5.65. The van der Waals surface area contributed by atoms with Gasteiger partial charge in [-0.2, -0.15) is 0 Å². The number of nitrogen functional groups attached to an aromatic ring is 1. The van der Waals surface area contributed by atoms with E-state index in [0.717, 1.165) is 6.54 Å². The lowest BCUT2D eigenvalue weighted by molar-refractivity contribution is 0.415. The van der Waals surface area contributed by atoms with Gasteiger partial charge in [0.15, 0.2) is 0 Å². The van der Waals surface area contributed by atoms with Crippen LogP contribution in [-0.2, 0) is 6.54 Å². The highest BCUT2D eigenvalue weighted by Crippen LogP contribution is 2.21. The van der Waals surface area contributed by atoms with Crippen molar-refractivity contribution < 1.29 is 4.74 Å². The smallest absolute Gasteiger partial charge is 0.301 e. The van der Waals surface area contributed by atoms with Gasteiger partial charge < -0.3 is 15.0 Å². The molecule has 0 amide bonds. The van der Waals surface area contributed by atoms with Gasteiger partial charge in [0, 0.05) is 30.7 Å². The minimum absolute atomic E-state index is 0.586. The molecule has 0 spiro atoms. The Balaban J connectivity index is 2.22. The molecule has 15 heavy (non-hydrogen) atoms. The highest BCUT2D eigenvalue weighted by molar-refractivity contribution is 5.44. The maximum atomic E-state index is 5.65. The van der Waals surface area contributed by atoms with Crippen molar-refractivity contribution in [2.24, 2.45) is 0 Å². The molecular weight excluding hydrogens is 190 g/mol. The largest absolute Gasteiger partial charge is 0.425 e. The number of nitrogens with two attached hydrogens (primary N) is 1. The van der Waals surface area contributed by atoms with Crippen LogP contribution in [0, 0.1) is 0 Å². The van der Waals surface area contributed by atoms with E-state index in [1.165, 1.54) is 0 Å². The molecule has 0 aliphatic heterocycles. The lowest BCUT2D eigenvalue weighted by atomic mass is 10.3. The van der Waals surface area contributed by atoms with Crippen molar-refractivity contribution in [1.29, 1.82) is 0 Å². The maximum Gasteiger partial charge on any atom is 0.301 e. The summed E-state index contributed by atoms with van der Waals surface area (Å²) in [5, 5.41) is 0. The molecule has 0 saturated carbocycles. The molecule has 4 heteroatoms. The topological polar surface area (TPSA) is 53.1 Å². The number of hydrogen-bond acceptors (Lipinski definition) is 3. The van der Waals surface area contributed by atoms with Gasteiger partial charge in [0.25, 0.3) is 0 Å². The second-order valence-corrected chi connectivity index (χ2v) is 3.17. The number of aromatic nitrogens is 2. The molecule has 0 aliphatic carbocycles. The molecule has 1 aromatic heterocycles. The molecule has 2 rings (SSSR count). The van der Waals surface area contributed by atoms with E-state index in [4.69, 9.17) is 10.5 Å². The third kappa shape index (κ3) is 2.10. The van der Waals surface area contributed by atoms with E-state index in [9.17, 15) is 0 Å². The molecular formula is C11H13N3O. The monoisotopic (exact) mass is 203 g/mol. The van der Waals surface area contributed by atoms with Crippen LogP contribution in [0.15, 0.2) is 36.7 Å². The van der Waals surface area contributed by atoms with Gasteiger partial charge in [0.1, 0.15) is 5.75 Å². The average molecular weight is 203 g/mol. The zero-order chi connectivity index (χ0) is 10.7. The zero-order valence-corrected chi connectivity index (χ0v) is 8.55. The van der Waals surface area contributed by atoms with Gasteiger partial charge in [-0.15, -0.1) is 0 Å². The summed E-state index contributed by atoms with van der Waals surface area (Å²) in [7, 11) is 0. The van der Waals surface area contributed by atoms with Crippen LogP contribution < -0.4 is 10.5 Å². The molecule has 0 fully saturated rings. The van der Waals surface area contributed by atoms with Crippen LogP contribution in [0.1, 0.15) is 6.92 Å². The van der Waals surface area contributed by atoms with Gasteiger partial charge in [0.2, 0.25) is 0 Å². The van der Waals surface area contributed by atoms with E-state index in [0.29, 0.717) is 17.4 Å². The number of benzene rings is 1. The molecule has 0 atom stereocenters. The fourth-order valence-corrected chi connectivity index (χ4v) is 1.32. The van der Waals surface area contributed by atoms with E-state index >= 15 is 0 Å². The first-order valence-electron chi connectivity index (χ1n) is 4.84. The van der Waals surface area contributed by atoms with E-state index in [1.54, 1.807) is 12.3 Å². The summed E-state index contributed by atoms with van der Waals surface area (Å²) in [5.74, 6) is 0.705. The minimum Gasteiger partial charge on any atom is -0.425 e. The van der Waals surface area contributed by atoms with Crippen molar-refractivity contribution in [1.82, 2.24) is 9.55 Å². The minimum atomic E-state index is 0.586. The first-order valence-corrected chi connectivity index (χ1v) is 4.84. The summed E-state index contributed by atoms with van der Waals surface area (Å²) < 4.78 is 7.51. The second-order valence-electron chi connectivity index (χ2n) is 3.17. The van der Waals surface area contributed by atoms with E-state index in [1.807, 2.05) is 35.9 Å². The van der Waals surface area contributed by atoms with Crippen molar-refractivity contribution in [3.8, 4) is 11.8 Å². The summed E-state index contributed by atoms with van der Waals surface area (Å²) in [6.07, 6.45) is 3.59. The number of nitrogens with zero attached hydrogens (tertiary/aromatic N) is 2. The summed E-state index contributed by atoms with van der Waals surface area (Å²) in [6.45, 7) is 2.87. The predicted octanol–water partition coefficient (Wildman–Crippen LogP) is 2.28. The Morgan fingerprint density at radius 1 is 1.47 bits per heavy atom. The summed E-state index contributed by atoms with van der Waals surface area (Å²) >= 11 is 0. The number of rotatable bonds is 3. The number of aryl methyl sites for hydroxylation is 1. The number of hydrogen-bond donors (Lipinski definition) is 1. The fraction of sp³-hybridized carbons (Fsp3) is 0.182. The van der Waals surface area contributed by atoms with Crippen LogP contribution >= 0.6 is 0 Å². The predicted molar refractivity (Wildman–Crippen MR) is 58.8 cm³/mol. The number of imidazole rings is 1. The van der Waals surface area contributed by atoms with Crippen molar-refractivity contribution in [2.45, 2.75) is 13.5 Å². The lowest BCUT2D eigenvalue weighted by Gasteiger charge is -2.06. The van der Waals surface area contributed by atoms with Gasteiger partial charge in [-0.25, -0.2) is 4.98 Å². The molecule has 0 radical (unpaired) electrons. The third-order valence-corrected chi connectivity index (χ3v) is 2.09. The summed E-state index contributed by atoms with van der Waals surface area (Å²) in [4.78, 5) is 4.11. The Bertz CT molecular complexity index is 451. The molecule has 1 aromatic carbocycles. The van der Waals surface area contributed by atoms with E-state index in [-0.39, 0.29) is 0 Å². The van der Waals surface area contributed by atoms with Crippen LogP contribution in [0.5, 0.6) is 11.8 Å². The first kappa shape index (κ1) is 9.58. The van der Waals surface area contributed by atoms with E-state index in [2.05, 4.69) is 4.98 Å². The van der Waals surface area contributed by atoms with Crippen molar-refractivity contribution in [3.05, 3.63) is 36.7 Å². The number of anilines is 1. The Kier molecular flexibility index (Phi) is 2.58. The van der Waals surface area contributed by atoms with Crippen LogP contribution in [0.2, 0.25) is 0 Å². The first-order chi connectivity index (χ1) is 7.29. The van der Waals surface area contributed by atoms with Gasteiger partial charge >= 0.3 is 6.01 Å². The molecule has 2 aromatic rings. The molecule has 0 saturated heterocycles. The summed E-state index contributed by atoms with van der Waals surface area (Å²) in [6, 6.07) is 7.88. The Labute approximate surface area is 88.3 Å². The van der Waals surface area contributed by atoms with Crippen LogP contribution in [-0.4, -0.2) is 9.55 Å². The van der Waals surface area contributed by atoms with Crippen molar-refractivity contribution in [3.63, 3.8) is 0 Å². The van der Waals surface area contributed by atoms with Gasteiger partial charge in [-0.3, -0.25) is 0 Å². The highest BCUT2D eigenvalue weighted by Gasteiger charge is 2.03. The Hall–Kier alpha value is -1.97. The van der Waals surface area contributed by atoms with Gasteiger partial charge in [-0.05, 0) is 19.1 Å².